The SMILES string of the molecule is CC(=O)OC(C(=O)NC1CC1)[C@H](C[C@@H]1CCNC1=O)NC(=O)[C@H](CC(F)F)NC(=O)OC(c1ccccc1)C(F)(F)c1cccc(Cl)c1. The molecule has 1 heterocycles. The first-order valence-corrected chi connectivity index (χ1v) is 15.6. The molecule has 4 amide bonds. The van der Waals surface area contributed by atoms with E-state index >= 15 is 8.78 Å². The Morgan fingerprint density at radius 1 is 0.979 bits per heavy atom. The maximum atomic E-state index is 15.8. The summed E-state index contributed by atoms with van der Waals surface area (Å²) >= 11 is 5.92. The van der Waals surface area contributed by atoms with E-state index < -0.39 is 84.3 Å². The summed E-state index contributed by atoms with van der Waals surface area (Å²) in [7, 11) is 0. The van der Waals surface area contributed by atoms with Crippen LogP contribution in [0.25, 0.3) is 0 Å². The summed E-state index contributed by atoms with van der Waals surface area (Å²) in [6.07, 6.45) is -8.56. The number of esters is 1. The van der Waals surface area contributed by atoms with Crippen molar-refractivity contribution >= 4 is 41.4 Å². The number of hydrogen-bond donors (Lipinski definition) is 4. The van der Waals surface area contributed by atoms with Gasteiger partial charge >= 0.3 is 18.0 Å². The fourth-order valence-electron chi connectivity index (χ4n) is 5.25. The maximum absolute atomic E-state index is 15.8. The highest BCUT2D eigenvalue weighted by molar-refractivity contribution is 6.30. The van der Waals surface area contributed by atoms with Crippen LogP contribution >= 0.6 is 11.6 Å². The van der Waals surface area contributed by atoms with Gasteiger partial charge in [-0.25, -0.2) is 13.6 Å². The molecule has 4 N–H and O–H groups in total. The molecule has 260 valence electrons. The second-order valence-corrected chi connectivity index (χ2v) is 12.0. The zero-order valence-corrected chi connectivity index (χ0v) is 26.5. The van der Waals surface area contributed by atoms with E-state index in [1.54, 1.807) is 6.07 Å². The highest BCUT2D eigenvalue weighted by Gasteiger charge is 2.46. The molecule has 0 bridgehead atoms. The molecule has 1 saturated carbocycles. The number of amides is 4. The molecular weight excluding hydrogens is 664 g/mol. The van der Waals surface area contributed by atoms with Crippen molar-refractivity contribution in [2.24, 2.45) is 5.92 Å². The van der Waals surface area contributed by atoms with Crippen LogP contribution < -0.4 is 21.3 Å². The summed E-state index contributed by atoms with van der Waals surface area (Å²) in [5.74, 6) is -7.92. The summed E-state index contributed by atoms with van der Waals surface area (Å²) < 4.78 is 69.4. The highest BCUT2D eigenvalue weighted by atomic mass is 35.5. The molecule has 1 aliphatic carbocycles. The lowest BCUT2D eigenvalue weighted by Crippen LogP contribution is -2.57. The molecule has 0 aromatic heterocycles. The molecule has 2 unspecified atom stereocenters. The molecule has 5 atom stereocenters. The summed E-state index contributed by atoms with van der Waals surface area (Å²) in [5.41, 5.74) is -0.744. The Hall–Kier alpha value is -4.40. The first kappa shape index (κ1) is 36.4. The van der Waals surface area contributed by atoms with Crippen LogP contribution in [0.1, 0.15) is 56.3 Å². The molecule has 1 saturated heterocycles. The van der Waals surface area contributed by atoms with Crippen LogP contribution in [0.3, 0.4) is 0 Å². The Morgan fingerprint density at radius 2 is 1.69 bits per heavy atom. The average Bonchev–Trinajstić information content (AvgIpc) is 3.76. The van der Waals surface area contributed by atoms with Gasteiger partial charge in [-0.15, -0.1) is 0 Å². The van der Waals surface area contributed by atoms with Gasteiger partial charge in [-0.1, -0.05) is 54.1 Å². The number of halogens is 5. The summed E-state index contributed by atoms with van der Waals surface area (Å²) in [6, 6.07) is 7.99. The van der Waals surface area contributed by atoms with Crippen LogP contribution in [0.5, 0.6) is 0 Å². The van der Waals surface area contributed by atoms with Crippen LogP contribution in [0, 0.1) is 5.92 Å². The van der Waals surface area contributed by atoms with Crippen molar-refractivity contribution in [3.05, 3.63) is 70.7 Å². The summed E-state index contributed by atoms with van der Waals surface area (Å²) in [4.78, 5) is 64.0. The number of hydrogen-bond acceptors (Lipinski definition) is 7. The van der Waals surface area contributed by atoms with Crippen LogP contribution in [0.4, 0.5) is 22.4 Å². The van der Waals surface area contributed by atoms with Gasteiger partial charge in [-0.3, -0.25) is 19.2 Å². The maximum Gasteiger partial charge on any atom is 0.408 e. The lowest BCUT2D eigenvalue weighted by atomic mass is 9.94. The Morgan fingerprint density at radius 3 is 2.27 bits per heavy atom. The third-order valence-corrected chi connectivity index (χ3v) is 7.99. The second kappa shape index (κ2) is 16.1. The van der Waals surface area contributed by atoms with Gasteiger partial charge in [0.2, 0.25) is 18.2 Å². The van der Waals surface area contributed by atoms with E-state index in [4.69, 9.17) is 21.1 Å². The molecule has 11 nitrogen and oxygen atoms in total. The first-order valence-electron chi connectivity index (χ1n) is 15.2. The Bertz CT molecular complexity index is 1480. The topological polar surface area (TPSA) is 152 Å². The van der Waals surface area contributed by atoms with Crippen molar-refractivity contribution in [3.8, 4) is 0 Å². The zero-order chi connectivity index (χ0) is 35.0. The lowest BCUT2D eigenvalue weighted by Gasteiger charge is -2.31. The van der Waals surface area contributed by atoms with E-state index in [0.717, 1.165) is 19.1 Å². The van der Waals surface area contributed by atoms with Crippen molar-refractivity contribution in [1.82, 2.24) is 21.3 Å². The molecular formula is C32H35ClF4N4O7. The van der Waals surface area contributed by atoms with Crippen molar-refractivity contribution in [3.63, 3.8) is 0 Å². The first-order chi connectivity index (χ1) is 22.7. The van der Waals surface area contributed by atoms with Gasteiger partial charge in [0.25, 0.3) is 5.91 Å². The predicted molar refractivity (Wildman–Crippen MR) is 163 cm³/mol. The molecule has 2 aromatic carbocycles. The molecule has 0 spiro atoms. The van der Waals surface area contributed by atoms with E-state index in [0.29, 0.717) is 25.8 Å². The Kier molecular flexibility index (Phi) is 12.2. The monoisotopic (exact) mass is 698 g/mol. The Balaban J connectivity index is 1.58. The second-order valence-electron chi connectivity index (χ2n) is 11.6. The van der Waals surface area contributed by atoms with Crippen molar-refractivity contribution in [2.45, 2.75) is 81.7 Å². The van der Waals surface area contributed by atoms with Gasteiger partial charge in [-0.2, -0.15) is 8.78 Å². The minimum atomic E-state index is -3.87. The van der Waals surface area contributed by atoms with Crippen LogP contribution in [0.15, 0.2) is 54.6 Å². The van der Waals surface area contributed by atoms with Crippen LogP contribution in [-0.4, -0.2) is 67.0 Å². The largest absolute Gasteiger partial charge is 0.450 e. The number of carbonyl (C=O) groups is 5. The number of rotatable bonds is 15. The fraction of sp³-hybridized carbons (Fsp3) is 0.469. The van der Waals surface area contributed by atoms with Crippen molar-refractivity contribution < 1.29 is 51.0 Å². The molecule has 1 aliphatic heterocycles. The van der Waals surface area contributed by atoms with E-state index in [2.05, 4.69) is 16.0 Å². The standard InChI is InChI=1S/C32H35ClF4N4O7/c1-17(42)47-26(30(45)39-22-10-11-22)23(14-19-12-13-38-28(19)43)40-29(44)24(16-25(34)35)41-31(46)48-27(18-6-3-2-4-7-18)32(36,37)20-8-5-9-21(33)15-20/h2-9,15,19,22-27H,10-14,16H2,1H3,(H,38,43)(H,39,45)(H,40,44)(H,41,46)/t19-,23-,24-,26?,27?/m0/s1. The minimum Gasteiger partial charge on any atom is -0.450 e. The van der Waals surface area contributed by atoms with E-state index in [-0.39, 0.29) is 23.0 Å². The third kappa shape index (κ3) is 10.1. The van der Waals surface area contributed by atoms with Crippen LogP contribution in [-0.2, 0) is 34.6 Å². The van der Waals surface area contributed by atoms with Crippen molar-refractivity contribution in [1.29, 1.82) is 0 Å². The summed E-state index contributed by atoms with van der Waals surface area (Å²) in [6.45, 7) is 1.33. The normalized spacial score (nSPS) is 18.6. The van der Waals surface area contributed by atoms with Crippen molar-refractivity contribution in [2.75, 3.05) is 6.54 Å². The van der Waals surface area contributed by atoms with Gasteiger partial charge in [0, 0.05) is 42.4 Å². The molecule has 4 rings (SSSR count). The molecule has 2 aliphatic rings. The van der Waals surface area contributed by atoms with Gasteiger partial charge in [0.05, 0.1) is 6.04 Å². The molecule has 48 heavy (non-hydrogen) atoms. The smallest absolute Gasteiger partial charge is 0.408 e. The third-order valence-electron chi connectivity index (χ3n) is 7.76. The number of nitrogens with one attached hydrogen (secondary N) is 4. The number of alkyl halides is 4. The zero-order valence-electron chi connectivity index (χ0n) is 25.7. The number of ether oxygens (including phenoxy) is 2. The fourth-order valence-corrected chi connectivity index (χ4v) is 5.44. The highest BCUT2D eigenvalue weighted by Crippen LogP contribution is 2.43. The van der Waals surface area contributed by atoms with E-state index in [1.807, 2.05) is 5.32 Å². The quantitative estimate of drug-likeness (QED) is 0.161. The minimum absolute atomic E-state index is 0.0142. The lowest BCUT2D eigenvalue weighted by molar-refractivity contribution is -0.157. The van der Waals surface area contributed by atoms with Crippen LogP contribution in [0.2, 0.25) is 5.02 Å². The average molecular weight is 699 g/mol. The molecule has 0 radical (unpaired) electrons. The summed E-state index contributed by atoms with van der Waals surface area (Å²) in [5, 5.41) is 9.57. The number of carbonyl (C=O) groups excluding carboxylic acids is 5. The molecule has 2 fully saturated rings. The number of alkyl carbamates (subject to hydrolysis) is 1. The van der Waals surface area contributed by atoms with Gasteiger partial charge in [0.1, 0.15) is 6.04 Å². The van der Waals surface area contributed by atoms with Gasteiger partial charge in [-0.05, 0) is 43.4 Å². The molecule has 16 heteroatoms. The van der Waals surface area contributed by atoms with E-state index in [9.17, 15) is 32.8 Å². The predicted octanol–water partition coefficient (Wildman–Crippen LogP) is 4.14. The van der Waals surface area contributed by atoms with Gasteiger partial charge in [0.15, 0.2) is 12.2 Å². The Labute approximate surface area is 278 Å². The van der Waals surface area contributed by atoms with Gasteiger partial charge < -0.3 is 30.7 Å². The van der Waals surface area contributed by atoms with E-state index in [1.165, 1.54) is 36.4 Å². The number of benzene rings is 2. The molecule has 2 aromatic rings.